The largest absolute Gasteiger partial charge is 0.322 e. The minimum absolute atomic E-state index is 0.178. The van der Waals surface area contributed by atoms with Gasteiger partial charge in [0, 0.05) is 37.7 Å². The summed E-state index contributed by atoms with van der Waals surface area (Å²) in [7, 11) is -3.30. The fourth-order valence-electron chi connectivity index (χ4n) is 2.99. The van der Waals surface area contributed by atoms with E-state index in [1.807, 2.05) is 0 Å². The van der Waals surface area contributed by atoms with Gasteiger partial charge in [0.25, 0.3) is 0 Å². The molecule has 2 amide bonds. The van der Waals surface area contributed by atoms with Gasteiger partial charge in [0.1, 0.15) is 0 Å². The van der Waals surface area contributed by atoms with Crippen molar-refractivity contribution in [2.24, 2.45) is 0 Å². The Morgan fingerprint density at radius 3 is 2.88 bits per heavy atom. The lowest BCUT2D eigenvalue weighted by atomic mass is 10.0. The third-order valence-corrected chi connectivity index (χ3v) is 4.91. The Labute approximate surface area is 152 Å². The van der Waals surface area contributed by atoms with Gasteiger partial charge in [0.2, 0.25) is 10.0 Å². The highest BCUT2D eigenvalue weighted by atomic mass is 32.2. The summed E-state index contributed by atoms with van der Waals surface area (Å²) in [5, 5.41) is 7.03. The molecule has 2 aromatic heterocycles. The summed E-state index contributed by atoms with van der Waals surface area (Å²) >= 11 is 0. The predicted octanol–water partition coefficient (Wildman–Crippen LogP) is 1.20. The van der Waals surface area contributed by atoms with Crippen LogP contribution in [0, 0.1) is 0 Å². The van der Waals surface area contributed by atoms with E-state index in [9.17, 15) is 13.2 Å². The molecular formula is C16H22N6O3S. The van der Waals surface area contributed by atoms with Gasteiger partial charge in [-0.2, -0.15) is 5.10 Å². The van der Waals surface area contributed by atoms with Crippen molar-refractivity contribution in [3.63, 3.8) is 0 Å². The first-order valence-electron chi connectivity index (χ1n) is 8.41. The quantitative estimate of drug-likeness (QED) is 0.813. The number of anilines is 1. The Morgan fingerprint density at radius 2 is 2.15 bits per heavy atom. The molecule has 0 aliphatic carbocycles. The zero-order valence-electron chi connectivity index (χ0n) is 14.5. The molecule has 0 spiro atoms. The van der Waals surface area contributed by atoms with E-state index in [0.717, 1.165) is 25.5 Å². The monoisotopic (exact) mass is 378 g/mol. The van der Waals surface area contributed by atoms with E-state index >= 15 is 0 Å². The molecule has 0 bridgehead atoms. The molecule has 1 aliphatic rings. The smallest absolute Gasteiger partial charge is 0.320 e. The highest BCUT2D eigenvalue weighted by molar-refractivity contribution is 7.88. The van der Waals surface area contributed by atoms with E-state index in [1.54, 1.807) is 46.4 Å². The fourth-order valence-corrected chi connectivity index (χ4v) is 3.48. The number of hydrogen-bond acceptors (Lipinski definition) is 5. The summed E-state index contributed by atoms with van der Waals surface area (Å²) in [4.78, 5) is 18.8. The number of carbonyl (C=O) groups excluding carboxylic acids is 1. The van der Waals surface area contributed by atoms with E-state index in [4.69, 9.17) is 0 Å². The molecule has 9 nitrogen and oxygen atoms in total. The van der Waals surface area contributed by atoms with Crippen LogP contribution in [-0.4, -0.2) is 59.5 Å². The van der Waals surface area contributed by atoms with Crippen LogP contribution < -0.4 is 10.0 Å². The van der Waals surface area contributed by atoms with E-state index in [0.29, 0.717) is 18.1 Å². The second-order valence-electron chi connectivity index (χ2n) is 6.22. The van der Waals surface area contributed by atoms with Gasteiger partial charge < -0.3 is 10.2 Å². The molecule has 26 heavy (non-hydrogen) atoms. The van der Waals surface area contributed by atoms with Gasteiger partial charge in [-0.1, -0.05) is 0 Å². The zero-order valence-corrected chi connectivity index (χ0v) is 15.3. The number of rotatable bonds is 5. The van der Waals surface area contributed by atoms with Crippen LogP contribution >= 0.6 is 0 Å². The fraction of sp³-hybridized carbons (Fsp3) is 0.438. The van der Waals surface area contributed by atoms with E-state index < -0.39 is 10.0 Å². The molecule has 1 saturated heterocycles. The van der Waals surface area contributed by atoms with Crippen LogP contribution in [0.15, 0.2) is 36.8 Å². The first-order chi connectivity index (χ1) is 12.4. The molecule has 1 atom stereocenters. The average molecular weight is 378 g/mol. The standard InChI is InChI=1S/C16H22N6O3S/c1-26(24,25)19-12-13-6-2-3-10-21(13)16(23)20-14-7-4-8-17-15(14)22-11-5-9-18-22/h4-5,7-9,11,13,19H,2-3,6,10,12H2,1H3,(H,20,23). The minimum Gasteiger partial charge on any atom is -0.320 e. The van der Waals surface area contributed by atoms with Crippen LogP contribution in [0.3, 0.4) is 0 Å². The molecule has 0 saturated carbocycles. The average Bonchev–Trinajstić information content (AvgIpc) is 3.14. The number of likely N-dealkylation sites (tertiary alicyclic amines) is 1. The van der Waals surface area contributed by atoms with Crippen molar-refractivity contribution in [1.82, 2.24) is 24.4 Å². The van der Waals surface area contributed by atoms with Crippen molar-refractivity contribution in [3.05, 3.63) is 36.8 Å². The van der Waals surface area contributed by atoms with Crippen molar-refractivity contribution in [2.75, 3.05) is 24.7 Å². The second-order valence-corrected chi connectivity index (χ2v) is 8.05. The maximum absolute atomic E-state index is 12.8. The van der Waals surface area contributed by atoms with Crippen LogP contribution in [-0.2, 0) is 10.0 Å². The van der Waals surface area contributed by atoms with Gasteiger partial charge in [-0.05, 0) is 37.5 Å². The van der Waals surface area contributed by atoms with Crippen molar-refractivity contribution in [3.8, 4) is 5.82 Å². The number of urea groups is 1. The molecule has 1 aliphatic heterocycles. The zero-order chi connectivity index (χ0) is 18.6. The summed E-state index contributed by atoms with van der Waals surface area (Å²) in [6.07, 6.45) is 8.75. The minimum atomic E-state index is -3.30. The van der Waals surface area contributed by atoms with Crippen molar-refractivity contribution in [2.45, 2.75) is 25.3 Å². The van der Waals surface area contributed by atoms with E-state index in [1.165, 1.54) is 0 Å². The van der Waals surface area contributed by atoms with Gasteiger partial charge in [-0.25, -0.2) is 27.6 Å². The van der Waals surface area contributed by atoms with Crippen LogP contribution in [0.5, 0.6) is 0 Å². The summed E-state index contributed by atoms with van der Waals surface area (Å²) < 4.78 is 26.8. The number of aromatic nitrogens is 3. The second kappa shape index (κ2) is 7.83. The third-order valence-electron chi connectivity index (χ3n) is 4.22. The lowest BCUT2D eigenvalue weighted by Gasteiger charge is -2.35. The number of pyridine rings is 1. The highest BCUT2D eigenvalue weighted by Crippen LogP contribution is 2.21. The lowest BCUT2D eigenvalue weighted by Crippen LogP contribution is -2.50. The molecule has 1 unspecified atom stereocenters. The number of carbonyl (C=O) groups is 1. The van der Waals surface area contributed by atoms with Gasteiger partial charge >= 0.3 is 6.03 Å². The summed E-state index contributed by atoms with van der Waals surface area (Å²) in [6, 6.07) is 4.82. The number of amides is 2. The molecular weight excluding hydrogens is 356 g/mol. The first kappa shape index (κ1) is 18.3. The number of hydrogen-bond donors (Lipinski definition) is 2. The van der Waals surface area contributed by atoms with Gasteiger partial charge in [0.05, 0.1) is 11.9 Å². The number of nitrogens with one attached hydrogen (secondary N) is 2. The SMILES string of the molecule is CS(=O)(=O)NCC1CCCCN1C(=O)Nc1cccnc1-n1cccn1. The predicted molar refractivity (Wildman–Crippen MR) is 97.6 cm³/mol. The normalized spacial score (nSPS) is 17.9. The molecule has 3 rings (SSSR count). The summed E-state index contributed by atoms with van der Waals surface area (Å²) in [6.45, 7) is 0.796. The van der Waals surface area contributed by atoms with E-state index in [-0.39, 0.29) is 18.6 Å². The van der Waals surface area contributed by atoms with Crippen molar-refractivity contribution < 1.29 is 13.2 Å². The number of piperidine rings is 1. The van der Waals surface area contributed by atoms with Crippen LogP contribution in [0.1, 0.15) is 19.3 Å². The van der Waals surface area contributed by atoms with Crippen LogP contribution in [0.25, 0.3) is 5.82 Å². The molecule has 2 aromatic rings. The Kier molecular flexibility index (Phi) is 5.52. The molecule has 140 valence electrons. The molecule has 0 radical (unpaired) electrons. The van der Waals surface area contributed by atoms with Gasteiger partial charge in [0.15, 0.2) is 5.82 Å². The summed E-state index contributed by atoms with van der Waals surface area (Å²) in [5.74, 6) is 0.522. The molecule has 2 N–H and O–H groups in total. The molecule has 1 fully saturated rings. The van der Waals surface area contributed by atoms with E-state index in [2.05, 4.69) is 20.1 Å². The van der Waals surface area contributed by atoms with Crippen LogP contribution in [0.4, 0.5) is 10.5 Å². The Hall–Kier alpha value is -2.46. The Bertz CT molecular complexity index is 853. The lowest BCUT2D eigenvalue weighted by molar-refractivity contribution is 0.164. The van der Waals surface area contributed by atoms with Crippen molar-refractivity contribution >= 4 is 21.7 Å². The van der Waals surface area contributed by atoms with Gasteiger partial charge in [-0.15, -0.1) is 0 Å². The summed E-state index contributed by atoms with van der Waals surface area (Å²) in [5.41, 5.74) is 0.543. The first-order valence-corrected chi connectivity index (χ1v) is 10.3. The Morgan fingerprint density at radius 1 is 1.31 bits per heavy atom. The highest BCUT2D eigenvalue weighted by Gasteiger charge is 2.28. The number of nitrogens with zero attached hydrogens (tertiary/aromatic N) is 4. The van der Waals surface area contributed by atoms with Crippen LogP contribution in [0.2, 0.25) is 0 Å². The molecule has 0 aromatic carbocycles. The van der Waals surface area contributed by atoms with Gasteiger partial charge in [-0.3, -0.25) is 0 Å². The number of sulfonamides is 1. The maximum atomic E-state index is 12.8. The maximum Gasteiger partial charge on any atom is 0.322 e. The van der Waals surface area contributed by atoms with Crippen molar-refractivity contribution in [1.29, 1.82) is 0 Å². The topological polar surface area (TPSA) is 109 Å². The Balaban J connectivity index is 1.74. The third kappa shape index (κ3) is 4.58. The molecule has 3 heterocycles. The molecule has 10 heteroatoms.